The molecule has 68 heavy (non-hydrogen) atoms. The molecule has 3 nitrogen and oxygen atoms in total. The zero-order chi connectivity index (χ0) is 45.0. The zero-order valence-corrected chi connectivity index (χ0v) is 38.2. The van der Waals surface area contributed by atoms with Crippen LogP contribution in [0.4, 0.5) is 28.4 Å². The van der Waals surface area contributed by atoms with Crippen molar-refractivity contribution in [2.45, 2.75) is 12.8 Å². The van der Waals surface area contributed by atoms with Gasteiger partial charge in [0.2, 0.25) is 0 Å². The maximum absolute atomic E-state index is 2.44. The SMILES string of the molecule is C1=CC(N(c2ccc(N(c3cc(-c4ccccc4)cc(-c4ccccc4)c3)c3ccc4cc5sc6ccccc6c5cc4c3)cc2)c2ccc3c4ccccc4n(-c4ccccc4)c3c2)=CCC1. The molecule has 4 heteroatoms. The second-order valence-corrected chi connectivity index (χ2v) is 18.7. The molecule has 0 spiro atoms. The monoisotopic (exact) mass is 887 g/mol. The van der Waals surface area contributed by atoms with E-state index in [4.69, 9.17) is 0 Å². The topological polar surface area (TPSA) is 11.4 Å². The van der Waals surface area contributed by atoms with Gasteiger partial charge < -0.3 is 14.4 Å². The maximum Gasteiger partial charge on any atom is 0.0561 e. The molecular weight excluding hydrogens is 843 g/mol. The highest BCUT2D eigenvalue weighted by Crippen LogP contribution is 2.44. The van der Waals surface area contributed by atoms with Gasteiger partial charge >= 0.3 is 0 Å². The minimum absolute atomic E-state index is 0.998. The largest absolute Gasteiger partial charge is 0.311 e. The number of nitrogens with zero attached hydrogens (tertiary/aromatic N) is 3. The van der Waals surface area contributed by atoms with E-state index in [1.807, 2.05) is 11.3 Å². The van der Waals surface area contributed by atoms with Gasteiger partial charge in [-0.05, 0) is 155 Å². The van der Waals surface area contributed by atoms with Crippen molar-refractivity contribution in [3.8, 4) is 27.9 Å². The van der Waals surface area contributed by atoms with Crippen molar-refractivity contribution in [2.75, 3.05) is 9.80 Å². The van der Waals surface area contributed by atoms with Gasteiger partial charge in [-0.25, -0.2) is 0 Å². The Bertz CT molecular complexity index is 3840. The van der Waals surface area contributed by atoms with Crippen LogP contribution in [0.5, 0.6) is 0 Å². The molecular formula is C64H45N3S. The minimum Gasteiger partial charge on any atom is -0.311 e. The Balaban J connectivity index is 0.988. The quantitative estimate of drug-likeness (QED) is 0.143. The third kappa shape index (κ3) is 7.05. The Morgan fingerprint density at radius 1 is 0.353 bits per heavy atom. The number of fused-ring (bicyclic) bond motifs is 7. The van der Waals surface area contributed by atoms with E-state index in [9.17, 15) is 0 Å². The second kappa shape index (κ2) is 16.8. The van der Waals surface area contributed by atoms with Gasteiger partial charge in [0.1, 0.15) is 0 Å². The summed E-state index contributed by atoms with van der Waals surface area (Å²) in [5.74, 6) is 0. The molecule has 12 aromatic rings. The predicted octanol–water partition coefficient (Wildman–Crippen LogP) is 18.5. The first kappa shape index (κ1) is 39.9. The van der Waals surface area contributed by atoms with Gasteiger partial charge in [-0.2, -0.15) is 0 Å². The summed E-state index contributed by atoms with van der Waals surface area (Å²) in [4.78, 5) is 4.86. The van der Waals surface area contributed by atoms with Gasteiger partial charge in [-0.3, -0.25) is 0 Å². The zero-order valence-electron chi connectivity index (χ0n) is 37.3. The van der Waals surface area contributed by atoms with Crippen molar-refractivity contribution >= 4 is 92.5 Å². The normalized spacial score (nSPS) is 12.6. The Morgan fingerprint density at radius 3 is 1.68 bits per heavy atom. The fourth-order valence-electron chi connectivity index (χ4n) is 10.3. The molecule has 2 heterocycles. The van der Waals surface area contributed by atoms with Crippen LogP contribution in [0.1, 0.15) is 12.8 Å². The van der Waals surface area contributed by atoms with Crippen molar-refractivity contribution in [3.05, 3.63) is 254 Å². The molecule has 2 aromatic heterocycles. The van der Waals surface area contributed by atoms with Crippen LogP contribution in [-0.2, 0) is 0 Å². The summed E-state index contributed by atoms with van der Waals surface area (Å²) in [6, 6.07) is 84.6. The Hall–Kier alpha value is -8.44. The van der Waals surface area contributed by atoms with Gasteiger partial charge in [0.25, 0.3) is 0 Å². The van der Waals surface area contributed by atoms with Gasteiger partial charge in [0.15, 0.2) is 0 Å². The molecule has 1 aliphatic rings. The first-order valence-corrected chi connectivity index (χ1v) is 24.3. The average molecular weight is 888 g/mol. The average Bonchev–Trinajstić information content (AvgIpc) is 3.94. The summed E-state index contributed by atoms with van der Waals surface area (Å²) in [5, 5.41) is 7.55. The summed E-state index contributed by atoms with van der Waals surface area (Å²) in [6.07, 6.45) is 9.00. The lowest BCUT2D eigenvalue weighted by molar-refractivity contribution is 0.997. The van der Waals surface area contributed by atoms with E-state index in [1.54, 1.807) is 0 Å². The van der Waals surface area contributed by atoms with Crippen LogP contribution in [0.2, 0.25) is 0 Å². The van der Waals surface area contributed by atoms with E-state index < -0.39 is 0 Å². The lowest BCUT2D eigenvalue weighted by Crippen LogP contribution is -2.17. The Labute approximate surface area is 400 Å². The molecule has 0 aliphatic heterocycles. The van der Waals surface area contributed by atoms with E-state index in [2.05, 4.69) is 263 Å². The van der Waals surface area contributed by atoms with E-state index in [-0.39, 0.29) is 0 Å². The fraction of sp³-hybridized carbons (Fsp3) is 0.0312. The molecule has 1 aliphatic carbocycles. The van der Waals surface area contributed by atoms with Gasteiger partial charge in [0, 0.05) is 70.8 Å². The second-order valence-electron chi connectivity index (χ2n) is 17.7. The molecule has 0 bridgehead atoms. The molecule has 0 N–H and O–H groups in total. The third-order valence-corrected chi connectivity index (χ3v) is 14.6. The minimum atomic E-state index is 0.998. The smallest absolute Gasteiger partial charge is 0.0561 e. The van der Waals surface area contributed by atoms with Crippen molar-refractivity contribution in [1.29, 1.82) is 0 Å². The number of para-hydroxylation sites is 2. The summed E-state index contributed by atoms with van der Waals surface area (Å²) in [5.41, 5.74) is 14.9. The molecule has 0 unspecified atom stereocenters. The van der Waals surface area contributed by atoms with Gasteiger partial charge in [-0.15, -0.1) is 11.3 Å². The fourth-order valence-corrected chi connectivity index (χ4v) is 11.4. The lowest BCUT2D eigenvalue weighted by Gasteiger charge is -2.30. The number of allylic oxidation sites excluding steroid dienone is 3. The van der Waals surface area contributed by atoms with E-state index >= 15 is 0 Å². The summed E-state index contributed by atoms with van der Waals surface area (Å²) >= 11 is 1.87. The number of benzene rings is 10. The molecule has 0 fully saturated rings. The van der Waals surface area contributed by atoms with Gasteiger partial charge in [0.05, 0.1) is 11.0 Å². The first-order valence-electron chi connectivity index (χ1n) is 23.5. The van der Waals surface area contributed by atoms with Crippen LogP contribution in [0.25, 0.3) is 80.7 Å². The molecule has 0 radical (unpaired) electrons. The van der Waals surface area contributed by atoms with E-state index in [1.165, 1.54) is 80.7 Å². The first-order chi connectivity index (χ1) is 33.7. The Kier molecular flexibility index (Phi) is 9.84. The highest BCUT2D eigenvalue weighted by atomic mass is 32.1. The van der Waals surface area contributed by atoms with Crippen LogP contribution in [-0.4, -0.2) is 4.57 Å². The Morgan fingerprint density at radius 2 is 0.956 bits per heavy atom. The number of anilines is 5. The van der Waals surface area contributed by atoms with Crippen LogP contribution in [0.15, 0.2) is 254 Å². The standard InChI is InChI=1S/C64H45N3S/c1-5-17-44(18-6-1)47-37-48(45-19-7-2-8-20-45)40-56(39-47)66(54-30-29-46-42-64-60(41-49(46)38-54)59-26-14-16-28-63(59)68-64)53-33-31-52(32-34-53)65(50-21-9-3-10-22-50)55-35-36-58-57-25-13-15-27-61(57)67(62(58)43-55)51-23-11-4-12-24-51/h1-2,4-9,11-43H,3,10H2. The van der Waals surface area contributed by atoms with Crippen LogP contribution in [0.3, 0.4) is 0 Å². The van der Waals surface area contributed by atoms with Crippen LogP contribution < -0.4 is 9.80 Å². The number of aromatic nitrogens is 1. The molecule has 0 amide bonds. The maximum atomic E-state index is 2.44. The van der Waals surface area contributed by atoms with Crippen molar-refractivity contribution in [2.24, 2.45) is 0 Å². The number of hydrogen-bond donors (Lipinski definition) is 0. The van der Waals surface area contributed by atoms with Crippen molar-refractivity contribution < 1.29 is 0 Å². The lowest BCUT2D eigenvalue weighted by atomic mass is 9.97. The van der Waals surface area contributed by atoms with Crippen LogP contribution >= 0.6 is 11.3 Å². The highest BCUT2D eigenvalue weighted by Gasteiger charge is 2.21. The summed E-state index contributed by atoms with van der Waals surface area (Å²) in [7, 11) is 0. The predicted molar refractivity (Wildman–Crippen MR) is 292 cm³/mol. The number of thiophene rings is 1. The highest BCUT2D eigenvalue weighted by molar-refractivity contribution is 7.25. The summed E-state index contributed by atoms with van der Waals surface area (Å²) < 4.78 is 5.04. The van der Waals surface area contributed by atoms with Crippen molar-refractivity contribution in [1.82, 2.24) is 4.57 Å². The number of rotatable bonds is 9. The third-order valence-electron chi connectivity index (χ3n) is 13.5. The molecule has 0 atom stereocenters. The summed E-state index contributed by atoms with van der Waals surface area (Å²) in [6.45, 7) is 0. The molecule has 322 valence electrons. The number of hydrogen-bond acceptors (Lipinski definition) is 3. The molecule has 10 aromatic carbocycles. The molecule has 13 rings (SSSR count). The molecule has 0 saturated heterocycles. The van der Waals surface area contributed by atoms with Crippen LogP contribution in [0, 0.1) is 0 Å². The molecule has 0 saturated carbocycles. The van der Waals surface area contributed by atoms with Gasteiger partial charge in [-0.1, -0.05) is 140 Å². The van der Waals surface area contributed by atoms with Crippen molar-refractivity contribution in [3.63, 3.8) is 0 Å². The van der Waals surface area contributed by atoms with E-state index in [0.29, 0.717) is 0 Å². The van der Waals surface area contributed by atoms with E-state index in [0.717, 1.165) is 47.0 Å².